The molecule has 216 valence electrons. The third-order valence-electron chi connectivity index (χ3n) is 7.97. The molecule has 3 aromatic carbocycles. The number of amides is 1. The van der Waals surface area contributed by atoms with Crippen molar-refractivity contribution in [2.45, 2.75) is 30.2 Å². The zero-order chi connectivity index (χ0) is 29.3. The van der Waals surface area contributed by atoms with E-state index in [4.69, 9.17) is 11.6 Å². The first-order valence-corrected chi connectivity index (χ1v) is 15.8. The van der Waals surface area contributed by atoms with Crippen molar-refractivity contribution in [1.82, 2.24) is 9.88 Å². The van der Waals surface area contributed by atoms with Crippen LogP contribution >= 0.6 is 11.6 Å². The molecule has 42 heavy (non-hydrogen) atoms. The van der Waals surface area contributed by atoms with Gasteiger partial charge in [-0.1, -0.05) is 54.1 Å². The number of benzene rings is 3. The molecule has 2 aliphatic rings. The van der Waals surface area contributed by atoms with Crippen molar-refractivity contribution in [2.24, 2.45) is 5.92 Å². The highest BCUT2D eigenvalue weighted by Gasteiger charge is 2.35. The van der Waals surface area contributed by atoms with Crippen LogP contribution in [0.4, 0.5) is 11.4 Å². The Balaban J connectivity index is 1.30. The van der Waals surface area contributed by atoms with Gasteiger partial charge in [0.2, 0.25) is 0 Å². The zero-order valence-electron chi connectivity index (χ0n) is 22.9. The lowest BCUT2D eigenvalue weighted by molar-refractivity contribution is 0.0954. The molecular formula is C32H31ClN4O4S. The molecule has 4 aromatic rings. The average molecular weight is 603 g/mol. The SMILES string of the molecule is O=C(NCCc1ccccc1)c1ccc(N2C[C@H]3C[C@@H](C2)c2cccc(=O)n2C3)c(NS(=O)(=O)c2cccc(Cl)c2)c1. The van der Waals surface area contributed by atoms with Crippen LogP contribution in [0.15, 0.2) is 101 Å². The van der Waals surface area contributed by atoms with Crippen LogP contribution in [0.5, 0.6) is 0 Å². The Hall–Kier alpha value is -4.08. The highest BCUT2D eigenvalue weighted by molar-refractivity contribution is 7.92. The second kappa shape index (κ2) is 11.7. The minimum Gasteiger partial charge on any atom is -0.369 e. The van der Waals surface area contributed by atoms with Crippen LogP contribution < -0.4 is 20.5 Å². The van der Waals surface area contributed by atoms with Gasteiger partial charge < -0.3 is 14.8 Å². The van der Waals surface area contributed by atoms with E-state index >= 15 is 0 Å². The number of anilines is 2. The molecule has 1 amide bonds. The number of nitrogens with zero attached hydrogens (tertiary/aromatic N) is 2. The molecule has 0 unspecified atom stereocenters. The normalized spacial score (nSPS) is 17.8. The van der Waals surface area contributed by atoms with Crippen molar-refractivity contribution >= 4 is 38.9 Å². The zero-order valence-corrected chi connectivity index (χ0v) is 24.4. The van der Waals surface area contributed by atoms with Crippen molar-refractivity contribution in [1.29, 1.82) is 0 Å². The Kier molecular flexibility index (Phi) is 7.79. The average Bonchev–Trinajstić information content (AvgIpc) is 2.98. The summed E-state index contributed by atoms with van der Waals surface area (Å²) in [6.07, 6.45) is 1.64. The lowest BCUT2D eigenvalue weighted by atomic mass is 9.83. The number of fused-ring (bicyclic) bond motifs is 4. The standard InChI is InChI=1S/C32H31ClN4O4S/c33-26-8-4-9-27(18-26)42(40,41)35-28-17-24(32(39)34-15-14-22-6-2-1-3-7-22)12-13-30(28)36-19-23-16-25(21-36)29-10-5-11-31(38)37(29)20-23/h1-13,17-18,23,25,35H,14-16,19-21H2,(H,34,39)/t23-,25+/m1/s1. The number of piperidine rings is 1. The van der Waals surface area contributed by atoms with Gasteiger partial charge in [0.15, 0.2) is 0 Å². The predicted molar refractivity (Wildman–Crippen MR) is 165 cm³/mol. The third-order valence-corrected chi connectivity index (χ3v) is 9.57. The summed E-state index contributed by atoms with van der Waals surface area (Å²) in [5, 5.41) is 3.25. The van der Waals surface area contributed by atoms with Crippen LogP contribution in [0.25, 0.3) is 0 Å². The number of halogens is 1. The molecule has 6 rings (SSSR count). The number of sulfonamides is 1. The van der Waals surface area contributed by atoms with E-state index in [0.717, 1.165) is 17.7 Å². The summed E-state index contributed by atoms with van der Waals surface area (Å²) in [5.74, 6) is 0.0731. The van der Waals surface area contributed by atoms with E-state index in [0.29, 0.717) is 54.6 Å². The smallest absolute Gasteiger partial charge is 0.262 e. The van der Waals surface area contributed by atoms with Gasteiger partial charge in [-0.3, -0.25) is 14.3 Å². The van der Waals surface area contributed by atoms with E-state index in [2.05, 4.69) is 14.9 Å². The van der Waals surface area contributed by atoms with E-state index in [-0.39, 0.29) is 28.2 Å². The molecule has 0 saturated carbocycles. The summed E-state index contributed by atoms with van der Waals surface area (Å²) >= 11 is 6.10. The second-order valence-electron chi connectivity index (χ2n) is 10.9. The number of carbonyl (C=O) groups excluding carboxylic acids is 1. The van der Waals surface area contributed by atoms with E-state index in [1.165, 1.54) is 12.1 Å². The van der Waals surface area contributed by atoms with Crippen LogP contribution in [0, 0.1) is 5.92 Å². The van der Waals surface area contributed by atoms with Gasteiger partial charge in [0.25, 0.3) is 21.5 Å². The minimum atomic E-state index is -4.00. The van der Waals surface area contributed by atoms with Crippen LogP contribution in [-0.4, -0.2) is 38.5 Å². The number of carbonyl (C=O) groups is 1. The fourth-order valence-electron chi connectivity index (χ4n) is 6.03. The number of aromatic nitrogens is 1. The Morgan fingerprint density at radius 1 is 0.905 bits per heavy atom. The molecule has 2 aliphatic heterocycles. The maximum Gasteiger partial charge on any atom is 0.262 e. The van der Waals surface area contributed by atoms with Crippen molar-refractivity contribution < 1.29 is 13.2 Å². The Bertz CT molecular complexity index is 1790. The second-order valence-corrected chi connectivity index (χ2v) is 13.0. The van der Waals surface area contributed by atoms with Crippen molar-refractivity contribution in [2.75, 3.05) is 29.3 Å². The Morgan fingerprint density at radius 2 is 1.71 bits per heavy atom. The number of rotatable bonds is 8. The largest absolute Gasteiger partial charge is 0.369 e. The molecule has 1 fully saturated rings. The monoisotopic (exact) mass is 602 g/mol. The molecule has 8 nitrogen and oxygen atoms in total. The van der Waals surface area contributed by atoms with Crippen molar-refractivity contribution in [3.8, 4) is 0 Å². The van der Waals surface area contributed by atoms with E-state index < -0.39 is 10.0 Å². The molecule has 2 bridgehead atoms. The Morgan fingerprint density at radius 3 is 2.52 bits per heavy atom. The van der Waals surface area contributed by atoms with Gasteiger partial charge >= 0.3 is 0 Å². The van der Waals surface area contributed by atoms with Crippen molar-refractivity contribution in [3.05, 3.63) is 123 Å². The first-order valence-electron chi connectivity index (χ1n) is 14.0. The maximum absolute atomic E-state index is 13.5. The fraction of sp³-hybridized carbons (Fsp3) is 0.250. The van der Waals surface area contributed by atoms with Crippen LogP contribution in [0.3, 0.4) is 0 Å². The molecule has 1 saturated heterocycles. The third kappa shape index (κ3) is 5.93. The molecule has 3 heterocycles. The molecular weight excluding hydrogens is 572 g/mol. The minimum absolute atomic E-state index is 0.00764. The topological polar surface area (TPSA) is 101 Å². The first-order chi connectivity index (χ1) is 20.3. The molecule has 0 spiro atoms. The van der Waals surface area contributed by atoms with Gasteiger partial charge in [-0.2, -0.15) is 0 Å². The summed E-state index contributed by atoms with van der Waals surface area (Å²) in [7, 11) is -4.00. The summed E-state index contributed by atoms with van der Waals surface area (Å²) < 4.78 is 31.5. The van der Waals surface area contributed by atoms with Gasteiger partial charge in [-0.15, -0.1) is 0 Å². The molecule has 2 N–H and O–H groups in total. The summed E-state index contributed by atoms with van der Waals surface area (Å²) in [4.78, 5) is 27.8. The van der Waals surface area contributed by atoms with Gasteiger partial charge in [-0.25, -0.2) is 8.42 Å². The van der Waals surface area contributed by atoms with Gasteiger partial charge in [0, 0.05) is 54.4 Å². The van der Waals surface area contributed by atoms with E-state index in [9.17, 15) is 18.0 Å². The molecule has 0 aliphatic carbocycles. The maximum atomic E-state index is 13.5. The quantitative estimate of drug-likeness (QED) is 0.299. The molecule has 2 atom stereocenters. The lowest BCUT2D eigenvalue weighted by Gasteiger charge is -2.44. The number of nitrogens with one attached hydrogen (secondary N) is 2. The summed E-state index contributed by atoms with van der Waals surface area (Å²) in [6, 6.07) is 26.5. The molecule has 0 radical (unpaired) electrons. The first kappa shape index (κ1) is 28.1. The van der Waals surface area contributed by atoms with Crippen LogP contribution in [-0.2, 0) is 23.0 Å². The summed E-state index contributed by atoms with van der Waals surface area (Å²) in [5.41, 5.74) is 3.47. The predicted octanol–water partition coefficient (Wildman–Crippen LogP) is 4.90. The molecule has 10 heteroatoms. The van der Waals surface area contributed by atoms with Crippen molar-refractivity contribution in [3.63, 3.8) is 0 Å². The molecule has 1 aromatic heterocycles. The highest BCUT2D eigenvalue weighted by Crippen LogP contribution is 2.40. The van der Waals surface area contributed by atoms with Crippen LogP contribution in [0.1, 0.15) is 34.0 Å². The van der Waals surface area contributed by atoms with E-state index in [1.54, 1.807) is 42.5 Å². The highest BCUT2D eigenvalue weighted by atomic mass is 35.5. The van der Waals surface area contributed by atoms with E-state index in [1.807, 2.05) is 41.0 Å². The summed E-state index contributed by atoms with van der Waals surface area (Å²) in [6.45, 7) is 2.34. The fourth-order valence-corrected chi connectivity index (χ4v) is 7.40. The van der Waals surface area contributed by atoms with Gasteiger partial charge in [-0.05, 0) is 66.8 Å². The van der Waals surface area contributed by atoms with Gasteiger partial charge in [0.1, 0.15) is 0 Å². The lowest BCUT2D eigenvalue weighted by Crippen LogP contribution is -2.47. The Labute approximate surface area is 250 Å². The number of pyridine rings is 1. The van der Waals surface area contributed by atoms with Crippen LogP contribution in [0.2, 0.25) is 5.02 Å². The van der Waals surface area contributed by atoms with Gasteiger partial charge in [0.05, 0.1) is 16.3 Å². The number of hydrogen-bond donors (Lipinski definition) is 2. The number of hydrogen-bond acceptors (Lipinski definition) is 5.